The standard InChI is InChI=1S/C14H22N2O2/c1-9(2)7-11(15)8-16-14(18)12-5-4-6-13(17)10(12)3/h4-6,9,11,17H,7-8,15H2,1-3H3,(H,16,18). The maximum absolute atomic E-state index is 11.9. The Morgan fingerprint density at radius 3 is 2.72 bits per heavy atom. The van der Waals surface area contributed by atoms with Crippen LogP contribution in [-0.2, 0) is 0 Å². The number of rotatable bonds is 5. The van der Waals surface area contributed by atoms with Gasteiger partial charge in [0.25, 0.3) is 5.91 Å². The third-order valence-corrected chi connectivity index (χ3v) is 2.85. The number of phenolic OH excluding ortho intramolecular Hbond substituents is 1. The Morgan fingerprint density at radius 1 is 1.44 bits per heavy atom. The lowest BCUT2D eigenvalue weighted by atomic mass is 10.0. The summed E-state index contributed by atoms with van der Waals surface area (Å²) in [5, 5.41) is 12.3. The lowest BCUT2D eigenvalue weighted by Gasteiger charge is -2.15. The van der Waals surface area contributed by atoms with Crippen LogP contribution in [0.3, 0.4) is 0 Å². The van der Waals surface area contributed by atoms with Gasteiger partial charge in [0, 0.05) is 23.7 Å². The monoisotopic (exact) mass is 250 g/mol. The van der Waals surface area contributed by atoms with Crippen LogP contribution in [0.4, 0.5) is 0 Å². The van der Waals surface area contributed by atoms with Crippen LogP contribution in [0.15, 0.2) is 18.2 Å². The molecule has 4 heteroatoms. The highest BCUT2D eigenvalue weighted by Gasteiger charge is 2.12. The van der Waals surface area contributed by atoms with E-state index in [0.717, 1.165) is 6.42 Å². The zero-order valence-corrected chi connectivity index (χ0v) is 11.2. The van der Waals surface area contributed by atoms with Gasteiger partial charge in [0.1, 0.15) is 5.75 Å². The highest BCUT2D eigenvalue weighted by molar-refractivity contribution is 5.96. The fourth-order valence-electron chi connectivity index (χ4n) is 1.88. The van der Waals surface area contributed by atoms with Gasteiger partial charge in [0.2, 0.25) is 0 Å². The first-order valence-corrected chi connectivity index (χ1v) is 6.24. The molecule has 1 aromatic rings. The highest BCUT2D eigenvalue weighted by Crippen LogP contribution is 2.19. The molecule has 0 saturated heterocycles. The van der Waals surface area contributed by atoms with Crippen LogP contribution in [0.25, 0.3) is 0 Å². The molecule has 0 spiro atoms. The van der Waals surface area contributed by atoms with Gasteiger partial charge >= 0.3 is 0 Å². The van der Waals surface area contributed by atoms with Crippen LogP contribution in [0.5, 0.6) is 5.75 Å². The summed E-state index contributed by atoms with van der Waals surface area (Å²) in [6, 6.07) is 4.88. The zero-order chi connectivity index (χ0) is 13.7. The van der Waals surface area contributed by atoms with Crippen molar-refractivity contribution in [3.8, 4) is 5.75 Å². The summed E-state index contributed by atoms with van der Waals surface area (Å²) >= 11 is 0. The molecule has 0 aliphatic heterocycles. The van der Waals surface area contributed by atoms with Gasteiger partial charge in [-0.15, -0.1) is 0 Å². The molecular weight excluding hydrogens is 228 g/mol. The Balaban J connectivity index is 2.58. The maximum Gasteiger partial charge on any atom is 0.251 e. The second-order valence-electron chi connectivity index (χ2n) is 5.05. The van der Waals surface area contributed by atoms with E-state index in [2.05, 4.69) is 19.2 Å². The topological polar surface area (TPSA) is 75.3 Å². The van der Waals surface area contributed by atoms with Gasteiger partial charge in [0.15, 0.2) is 0 Å². The molecule has 0 radical (unpaired) electrons. The smallest absolute Gasteiger partial charge is 0.251 e. The maximum atomic E-state index is 11.9. The molecule has 1 rings (SSSR count). The lowest BCUT2D eigenvalue weighted by Crippen LogP contribution is -2.38. The van der Waals surface area contributed by atoms with Crippen LogP contribution in [0.1, 0.15) is 36.2 Å². The van der Waals surface area contributed by atoms with Crippen LogP contribution in [-0.4, -0.2) is 23.6 Å². The summed E-state index contributed by atoms with van der Waals surface area (Å²) < 4.78 is 0. The molecule has 4 N–H and O–H groups in total. The molecule has 1 atom stereocenters. The van der Waals surface area contributed by atoms with Gasteiger partial charge in [-0.1, -0.05) is 19.9 Å². The summed E-state index contributed by atoms with van der Waals surface area (Å²) in [4.78, 5) is 11.9. The number of amides is 1. The first-order chi connectivity index (χ1) is 8.41. The Kier molecular flexibility index (Phi) is 5.16. The Hall–Kier alpha value is -1.55. The van der Waals surface area contributed by atoms with Crippen LogP contribution < -0.4 is 11.1 Å². The molecule has 0 aliphatic rings. The Morgan fingerprint density at radius 2 is 2.11 bits per heavy atom. The third kappa shape index (κ3) is 4.04. The van der Waals surface area contributed by atoms with Gasteiger partial charge in [-0.3, -0.25) is 4.79 Å². The number of nitrogens with two attached hydrogens (primary N) is 1. The number of hydrogen-bond donors (Lipinski definition) is 3. The average molecular weight is 250 g/mol. The molecule has 0 aromatic heterocycles. The number of benzene rings is 1. The van der Waals surface area contributed by atoms with E-state index in [1.54, 1.807) is 25.1 Å². The van der Waals surface area contributed by atoms with E-state index in [0.29, 0.717) is 23.6 Å². The molecule has 1 unspecified atom stereocenters. The molecule has 1 amide bonds. The van der Waals surface area contributed by atoms with Crippen molar-refractivity contribution in [3.63, 3.8) is 0 Å². The summed E-state index contributed by atoms with van der Waals surface area (Å²) in [5.74, 6) is 0.455. The molecule has 0 fully saturated rings. The van der Waals surface area contributed by atoms with Crippen molar-refractivity contribution in [2.75, 3.05) is 6.54 Å². The van der Waals surface area contributed by atoms with Gasteiger partial charge in [-0.2, -0.15) is 0 Å². The predicted octanol–water partition coefficient (Wildman–Crippen LogP) is 1.80. The van der Waals surface area contributed by atoms with Crippen LogP contribution >= 0.6 is 0 Å². The zero-order valence-electron chi connectivity index (χ0n) is 11.2. The van der Waals surface area contributed by atoms with Crippen molar-refractivity contribution < 1.29 is 9.90 Å². The third-order valence-electron chi connectivity index (χ3n) is 2.85. The number of carbonyl (C=O) groups excluding carboxylic acids is 1. The molecule has 0 heterocycles. The molecular formula is C14H22N2O2. The predicted molar refractivity (Wildman–Crippen MR) is 72.6 cm³/mol. The number of nitrogens with one attached hydrogen (secondary N) is 1. The minimum absolute atomic E-state index is 0.0356. The van der Waals surface area contributed by atoms with Gasteiger partial charge < -0.3 is 16.2 Å². The first kappa shape index (κ1) is 14.5. The molecule has 4 nitrogen and oxygen atoms in total. The van der Waals surface area contributed by atoms with Crippen molar-refractivity contribution in [1.29, 1.82) is 0 Å². The molecule has 1 aromatic carbocycles. The summed E-state index contributed by atoms with van der Waals surface area (Å²) in [7, 11) is 0. The van der Waals surface area contributed by atoms with E-state index in [1.165, 1.54) is 0 Å². The minimum atomic E-state index is -0.192. The first-order valence-electron chi connectivity index (χ1n) is 6.24. The van der Waals surface area contributed by atoms with Gasteiger partial charge in [0.05, 0.1) is 0 Å². The number of phenols is 1. The molecule has 100 valence electrons. The Labute approximate surface area is 108 Å². The quantitative estimate of drug-likeness (QED) is 0.746. The second-order valence-corrected chi connectivity index (χ2v) is 5.05. The summed E-state index contributed by atoms with van der Waals surface area (Å²) in [5.41, 5.74) is 6.99. The fraction of sp³-hybridized carbons (Fsp3) is 0.500. The fourth-order valence-corrected chi connectivity index (χ4v) is 1.88. The molecule has 0 saturated carbocycles. The lowest BCUT2D eigenvalue weighted by molar-refractivity contribution is 0.0949. The molecule has 18 heavy (non-hydrogen) atoms. The van der Waals surface area contributed by atoms with Crippen molar-refractivity contribution in [1.82, 2.24) is 5.32 Å². The molecule has 0 aliphatic carbocycles. The van der Waals surface area contributed by atoms with Crippen molar-refractivity contribution in [2.45, 2.75) is 33.2 Å². The average Bonchev–Trinajstić information content (AvgIpc) is 2.29. The summed E-state index contributed by atoms with van der Waals surface area (Å²) in [6.45, 7) is 6.37. The van der Waals surface area contributed by atoms with Crippen LogP contribution in [0, 0.1) is 12.8 Å². The number of aromatic hydroxyl groups is 1. The van der Waals surface area contributed by atoms with E-state index < -0.39 is 0 Å². The van der Waals surface area contributed by atoms with E-state index in [1.807, 2.05) is 0 Å². The minimum Gasteiger partial charge on any atom is -0.508 e. The summed E-state index contributed by atoms with van der Waals surface area (Å²) in [6.07, 6.45) is 0.874. The number of carbonyl (C=O) groups is 1. The van der Waals surface area contributed by atoms with E-state index in [9.17, 15) is 9.90 Å². The highest BCUT2D eigenvalue weighted by atomic mass is 16.3. The van der Waals surface area contributed by atoms with Crippen molar-refractivity contribution in [2.24, 2.45) is 11.7 Å². The van der Waals surface area contributed by atoms with Crippen LogP contribution in [0.2, 0.25) is 0 Å². The van der Waals surface area contributed by atoms with Crippen molar-refractivity contribution >= 4 is 5.91 Å². The van der Waals surface area contributed by atoms with E-state index in [4.69, 9.17) is 5.73 Å². The van der Waals surface area contributed by atoms with Gasteiger partial charge in [-0.05, 0) is 31.4 Å². The second kappa shape index (κ2) is 6.40. The SMILES string of the molecule is Cc1c(O)cccc1C(=O)NCC(N)CC(C)C. The van der Waals surface area contributed by atoms with Crippen molar-refractivity contribution in [3.05, 3.63) is 29.3 Å². The normalized spacial score (nSPS) is 12.5. The largest absolute Gasteiger partial charge is 0.508 e. The van der Waals surface area contributed by atoms with E-state index >= 15 is 0 Å². The molecule has 0 bridgehead atoms. The number of hydrogen-bond acceptors (Lipinski definition) is 3. The van der Waals surface area contributed by atoms with Gasteiger partial charge in [-0.25, -0.2) is 0 Å². The Bertz CT molecular complexity index is 416. The van der Waals surface area contributed by atoms with E-state index in [-0.39, 0.29) is 17.7 Å².